The maximum absolute atomic E-state index is 11.9. The van der Waals surface area contributed by atoms with Gasteiger partial charge in [-0.1, -0.05) is 11.3 Å². The second-order valence-electron chi connectivity index (χ2n) is 6.45. The van der Waals surface area contributed by atoms with Crippen LogP contribution in [0.1, 0.15) is 50.0 Å². The van der Waals surface area contributed by atoms with Crippen LogP contribution in [0.15, 0.2) is 12.3 Å². The molecule has 0 aromatic carbocycles. The lowest BCUT2D eigenvalue weighted by molar-refractivity contribution is -0.117. The Morgan fingerprint density at radius 1 is 1.23 bits per heavy atom. The van der Waals surface area contributed by atoms with Crippen molar-refractivity contribution in [3.05, 3.63) is 17.8 Å². The van der Waals surface area contributed by atoms with E-state index in [1.54, 1.807) is 11.3 Å². The molecule has 2 aromatic rings. The molecule has 4 rings (SSSR count). The molecule has 2 aliphatic rings. The molecule has 1 amide bonds. The van der Waals surface area contributed by atoms with E-state index in [2.05, 4.69) is 21.4 Å². The van der Waals surface area contributed by atoms with E-state index in [4.69, 9.17) is 5.73 Å². The van der Waals surface area contributed by atoms with E-state index < -0.39 is 0 Å². The molecule has 0 unspecified atom stereocenters. The normalized spacial score (nSPS) is 25.3. The van der Waals surface area contributed by atoms with Crippen LogP contribution in [0.3, 0.4) is 0 Å². The molecule has 3 N–H and O–H groups in total. The average molecular weight is 316 g/mol. The Bertz CT molecular complexity index is 701. The number of nitrogens with one attached hydrogen (secondary N) is 1. The molecule has 2 aliphatic carbocycles. The van der Waals surface area contributed by atoms with Gasteiger partial charge in [0.2, 0.25) is 5.91 Å². The summed E-state index contributed by atoms with van der Waals surface area (Å²) < 4.78 is 1.12. The minimum absolute atomic E-state index is 0.101. The van der Waals surface area contributed by atoms with E-state index in [-0.39, 0.29) is 11.8 Å². The predicted octanol–water partition coefficient (Wildman–Crippen LogP) is 3.02. The molecule has 0 radical (unpaired) electrons. The Kier molecular flexibility index (Phi) is 3.58. The highest BCUT2D eigenvalue weighted by Gasteiger charge is 2.30. The van der Waals surface area contributed by atoms with Gasteiger partial charge in [0.25, 0.3) is 0 Å². The molecule has 0 atom stereocenters. The van der Waals surface area contributed by atoms with E-state index in [9.17, 15) is 4.79 Å². The van der Waals surface area contributed by atoms with Crippen molar-refractivity contribution < 1.29 is 4.79 Å². The first-order valence-electron chi connectivity index (χ1n) is 8.02. The lowest BCUT2D eigenvalue weighted by Gasteiger charge is -2.26. The molecule has 116 valence electrons. The van der Waals surface area contributed by atoms with E-state index in [0.29, 0.717) is 17.1 Å². The zero-order valence-corrected chi connectivity index (χ0v) is 13.2. The van der Waals surface area contributed by atoms with Gasteiger partial charge in [0, 0.05) is 18.2 Å². The largest absolute Gasteiger partial charge is 0.328 e. The lowest BCUT2D eigenvalue weighted by Crippen LogP contribution is -2.25. The number of amides is 1. The third-order valence-electron chi connectivity index (χ3n) is 4.71. The molecular weight excluding hydrogens is 296 g/mol. The second-order valence-corrected chi connectivity index (χ2v) is 7.45. The monoisotopic (exact) mass is 316 g/mol. The Balaban J connectivity index is 1.61. The fourth-order valence-corrected chi connectivity index (χ4v) is 4.23. The Morgan fingerprint density at radius 2 is 2.00 bits per heavy atom. The first-order chi connectivity index (χ1) is 10.7. The number of anilines is 1. The number of fused-ring (bicyclic) bond motifs is 1. The van der Waals surface area contributed by atoms with Crippen molar-refractivity contribution >= 4 is 32.7 Å². The maximum Gasteiger partial charge on any atom is 0.229 e. The summed E-state index contributed by atoms with van der Waals surface area (Å²) in [5, 5.41) is 3.62. The van der Waals surface area contributed by atoms with Gasteiger partial charge in [0.1, 0.15) is 0 Å². The Morgan fingerprint density at radius 3 is 2.73 bits per heavy atom. The molecule has 2 aromatic heterocycles. The van der Waals surface area contributed by atoms with Gasteiger partial charge >= 0.3 is 0 Å². The van der Waals surface area contributed by atoms with Gasteiger partial charge in [-0.2, -0.15) is 4.98 Å². The van der Waals surface area contributed by atoms with Crippen LogP contribution in [0.5, 0.6) is 0 Å². The minimum atomic E-state index is 0.101. The number of hydrogen-bond acceptors (Lipinski definition) is 5. The van der Waals surface area contributed by atoms with Crippen LogP contribution >= 0.6 is 11.3 Å². The maximum atomic E-state index is 11.9. The van der Waals surface area contributed by atoms with Crippen molar-refractivity contribution in [3.8, 4) is 0 Å². The fraction of sp³-hybridized carbons (Fsp3) is 0.562. The van der Waals surface area contributed by atoms with Gasteiger partial charge in [-0.25, -0.2) is 4.98 Å². The standard InChI is InChI=1S/C16H20N4OS/c17-11-5-3-9(4-6-11)12-7-8-18-14-13(12)22-16(19-14)20-15(21)10-1-2-10/h7-11H,1-6,17H2,(H,18,19,20,21). The highest BCUT2D eigenvalue weighted by Crippen LogP contribution is 2.39. The van der Waals surface area contributed by atoms with Gasteiger partial charge in [-0.05, 0) is 56.1 Å². The third kappa shape index (κ3) is 2.73. The molecule has 2 fully saturated rings. The van der Waals surface area contributed by atoms with Crippen LogP contribution in [0, 0.1) is 5.92 Å². The van der Waals surface area contributed by atoms with Gasteiger partial charge < -0.3 is 11.1 Å². The number of pyridine rings is 1. The van der Waals surface area contributed by atoms with Gasteiger partial charge in [-0.3, -0.25) is 4.79 Å². The fourth-order valence-electron chi connectivity index (χ4n) is 3.21. The summed E-state index contributed by atoms with van der Waals surface area (Å²) in [5.41, 5.74) is 8.09. The quantitative estimate of drug-likeness (QED) is 0.912. The van der Waals surface area contributed by atoms with Crippen molar-refractivity contribution in [1.82, 2.24) is 9.97 Å². The molecular formula is C16H20N4OS. The smallest absolute Gasteiger partial charge is 0.229 e. The minimum Gasteiger partial charge on any atom is -0.328 e. The van der Waals surface area contributed by atoms with Crippen LogP contribution in [0.4, 0.5) is 5.13 Å². The molecule has 22 heavy (non-hydrogen) atoms. The lowest BCUT2D eigenvalue weighted by atomic mass is 9.82. The van der Waals surface area contributed by atoms with Gasteiger partial charge in [0.15, 0.2) is 10.8 Å². The molecule has 5 nitrogen and oxygen atoms in total. The average Bonchev–Trinajstić information content (AvgIpc) is 3.28. The number of thiazole rings is 1. The summed E-state index contributed by atoms with van der Waals surface area (Å²) in [6.45, 7) is 0. The van der Waals surface area contributed by atoms with E-state index in [1.807, 2.05) is 6.20 Å². The molecule has 0 aliphatic heterocycles. The van der Waals surface area contributed by atoms with Crippen LogP contribution in [0.25, 0.3) is 10.3 Å². The Labute approximate surface area is 133 Å². The van der Waals surface area contributed by atoms with Crippen LogP contribution < -0.4 is 11.1 Å². The van der Waals surface area contributed by atoms with Gasteiger partial charge in [0.05, 0.1) is 4.70 Å². The van der Waals surface area contributed by atoms with Crippen LogP contribution in [-0.2, 0) is 4.79 Å². The third-order valence-corrected chi connectivity index (χ3v) is 5.72. The summed E-state index contributed by atoms with van der Waals surface area (Å²) in [5.74, 6) is 0.834. The number of nitrogens with two attached hydrogens (primary N) is 1. The zero-order valence-electron chi connectivity index (χ0n) is 12.4. The van der Waals surface area contributed by atoms with Crippen LogP contribution in [-0.4, -0.2) is 21.9 Å². The summed E-state index contributed by atoms with van der Waals surface area (Å²) in [6.07, 6.45) is 8.25. The highest BCUT2D eigenvalue weighted by atomic mass is 32.1. The van der Waals surface area contributed by atoms with Crippen molar-refractivity contribution in [2.24, 2.45) is 11.7 Å². The second kappa shape index (κ2) is 5.59. The summed E-state index contributed by atoms with van der Waals surface area (Å²) in [4.78, 5) is 20.7. The first kappa shape index (κ1) is 14.1. The summed E-state index contributed by atoms with van der Waals surface area (Å²) in [6, 6.07) is 2.46. The molecule has 6 heteroatoms. The topological polar surface area (TPSA) is 80.9 Å². The van der Waals surface area contributed by atoms with Crippen molar-refractivity contribution in [3.63, 3.8) is 0 Å². The van der Waals surface area contributed by atoms with Crippen molar-refractivity contribution in [1.29, 1.82) is 0 Å². The van der Waals surface area contributed by atoms with Gasteiger partial charge in [-0.15, -0.1) is 0 Å². The van der Waals surface area contributed by atoms with E-state index in [1.165, 1.54) is 5.56 Å². The molecule has 0 spiro atoms. The summed E-state index contributed by atoms with van der Waals surface area (Å²) >= 11 is 1.56. The Hall–Kier alpha value is -1.53. The van der Waals surface area contributed by atoms with E-state index in [0.717, 1.165) is 48.9 Å². The molecule has 0 bridgehead atoms. The number of aromatic nitrogens is 2. The SMILES string of the molecule is NC1CCC(c2ccnc3nc(NC(=O)C4CC4)sc23)CC1. The highest BCUT2D eigenvalue weighted by molar-refractivity contribution is 7.22. The molecule has 2 heterocycles. The molecule has 2 saturated carbocycles. The number of carbonyl (C=O) groups excluding carboxylic acids is 1. The van der Waals surface area contributed by atoms with E-state index >= 15 is 0 Å². The predicted molar refractivity (Wildman–Crippen MR) is 88.0 cm³/mol. The number of hydrogen-bond donors (Lipinski definition) is 2. The van der Waals surface area contributed by atoms with Crippen molar-refractivity contribution in [2.75, 3.05) is 5.32 Å². The first-order valence-corrected chi connectivity index (χ1v) is 8.84. The zero-order chi connectivity index (χ0) is 15.1. The molecule has 0 saturated heterocycles. The van der Waals surface area contributed by atoms with Crippen molar-refractivity contribution in [2.45, 2.75) is 50.5 Å². The number of nitrogens with zero attached hydrogens (tertiary/aromatic N) is 2. The number of rotatable bonds is 3. The van der Waals surface area contributed by atoms with Crippen LogP contribution in [0.2, 0.25) is 0 Å². The summed E-state index contributed by atoms with van der Waals surface area (Å²) in [7, 11) is 0. The number of carbonyl (C=O) groups is 1.